The third-order valence-corrected chi connectivity index (χ3v) is 15.3. The second kappa shape index (κ2) is 18.8. The maximum atomic E-state index is 4.45. The number of rotatable bonds is 10. The lowest BCUT2D eigenvalue weighted by Crippen LogP contribution is -2.56. The van der Waals surface area contributed by atoms with E-state index in [1.807, 2.05) is 0 Å². The summed E-state index contributed by atoms with van der Waals surface area (Å²) in [6.45, 7) is 6.77. The Morgan fingerprint density at radius 1 is 0.441 bits per heavy atom. The van der Waals surface area contributed by atoms with Gasteiger partial charge in [-0.05, 0) is 82.3 Å². The first-order valence-corrected chi connectivity index (χ1v) is 24.1. The number of hydrogen-bond acceptors (Lipinski definition) is 1. The van der Waals surface area contributed by atoms with Crippen molar-refractivity contribution in [3.05, 3.63) is 187 Å². The molecule has 13 heteroatoms. The summed E-state index contributed by atoms with van der Waals surface area (Å²) in [4.78, 5) is 2.42. The number of aromatic nitrogens is 1. The number of benzene rings is 8. The largest absolute Gasteiger partial charge is 0.313 e. The van der Waals surface area contributed by atoms with Crippen LogP contribution in [-0.4, -0.2) is 90.9 Å². The molecule has 0 bridgehead atoms. The van der Waals surface area contributed by atoms with Gasteiger partial charge in [0.2, 0.25) is 0 Å². The molecule has 0 atom stereocenters. The van der Waals surface area contributed by atoms with E-state index < -0.39 is 0 Å². The van der Waals surface area contributed by atoms with E-state index in [4.69, 9.17) is 0 Å². The van der Waals surface area contributed by atoms with E-state index in [9.17, 15) is 0 Å². The molecule has 9 rings (SSSR count). The first-order valence-electron chi connectivity index (χ1n) is 24.1. The van der Waals surface area contributed by atoms with Crippen LogP contribution in [0.3, 0.4) is 0 Å². The van der Waals surface area contributed by atoms with Crippen LogP contribution in [-0.2, 0) is 0 Å². The Hall–Kier alpha value is -6.71. The summed E-state index contributed by atoms with van der Waals surface area (Å²) >= 11 is 0. The van der Waals surface area contributed by atoms with Crippen LogP contribution in [0.5, 0.6) is 0 Å². The Bertz CT molecular complexity index is 3360. The summed E-state index contributed by atoms with van der Waals surface area (Å²) in [5.41, 5.74) is 32.4. The van der Waals surface area contributed by atoms with Crippen LogP contribution >= 0.6 is 0 Å². The van der Waals surface area contributed by atoms with Gasteiger partial charge in [0.25, 0.3) is 0 Å². The van der Waals surface area contributed by atoms with Crippen molar-refractivity contribution in [3.8, 4) is 50.2 Å². The first-order chi connectivity index (χ1) is 32.7. The smallest absolute Gasteiger partial charge is 0.141 e. The lowest BCUT2D eigenvalue weighted by atomic mass is 9.57. The van der Waals surface area contributed by atoms with Crippen LogP contribution in [0.25, 0.3) is 66.6 Å². The van der Waals surface area contributed by atoms with Gasteiger partial charge in [-0.3, -0.25) is 0 Å². The number of allylic oxidation sites excluding steroid dienone is 2. The SMILES string of the molecule is BC(=C)/C(B)=C(/B)c1c(C)n(-c2ccccc2-c2ccccc2N(c2ccc(-c3ccccc3)cc2)c2ccc(-c3ccccc3)cc2)c2c(B)c(B)c(-c3c(B)c(B)c(B)c(B)c3B)c(B)c12. The predicted molar refractivity (Wildman–Crippen MR) is 332 cm³/mol. The molecular formula is C55H53B11N2. The van der Waals surface area contributed by atoms with Gasteiger partial charge in [-0.2, -0.15) is 0 Å². The third kappa shape index (κ3) is 7.94. The zero-order valence-corrected chi connectivity index (χ0v) is 42.1. The summed E-state index contributed by atoms with van der Waals surface area (Å²) in [5, 5.41) is 1.31. The summed E-state index contributed by atoms with van der Waals surface area (Å²) < 4.78 is 2.57. The number of hydrogen-bond donors (Lipinski definition) is 0. The van der Waals surface area contributed by atoms with E-state index in [1.165, 1.54) is 110 Å². The van der Waals surface area contributed by atoms with Gasteiger partial charge >= 0.3 is 0 Å². The average molecular weight is 861 g/mol. The summed E-state index contributed by atoms with van der Waals surface area (Å²) in [5.74, 6) is 0. The fourth-order valence-corrected chi connectivity index (χ4v) is 10.8. The molecule has 0 saturated heterocycles. The van der Waals surface area contributed by atoms with Crippen LogP contribution in [0.4, 0.5) is 17.1 Å². The molecule has 0 saturated carbocycles. The maximum Gasteiger partial charge on any atom is 0.141 e. The molecule has 1 aromatic heterocycles. The minimum atomic E-state index is 1.09. The Labute approximate surface area is 414 Å². The third-order valence-electron chi connectivity index (χ3n) is 15.3. The molecule has 0 radical (unpaired) electrons. The molecule has 0 spiro atoms. The van der Waals surface area contributed by atoms with Crippen LogP contribution in [0.2, 0.25) is 0 Å². The lowest BCUT2D eigenvalue weighted by molar-refractivity contribution is 1.05. The molecule has 0 N–H and O–H groups in total. The van der Waals surface area contributed by atoms with Crippen molar-refractivity contribution >= 4 is 163 Å². The van der Waals surface area contributed by atoms with Crippen LogP contribution < -0.4 is 48.6 Å². The van der Waals surface area contributed by atoms with E-state index >= 15 is 0 Å². The van der Waals surface area contributed by atoms with Crippen molar-refractivity contribution < 1.29 is 0 Å². The molecule has 1 heterocycles. The van der Waals surface area contributed by atoms with E-state index in [0.29, 0.717) is 0 Å². The van der Waals surface area contributed by atoms with Gasteiger partial charge in [-0.15, -0.1) is 33.9 Å². The van der Waals surface area contributed by atoms with Crippen LogP contribution in [0.15, 0.2) is 175 Å². The van der Waals surface area contributed by atoms with Gasteiger partial charge in [0.1, 0.15) is 86.3 Å². The molecule has 2 nitrogen and oxygen atoms in total. The number of fused-ring (bicyclic) bond motifs is 1. The second-order valence-electron chi connectivity index (χ2n) is 19.0. The number of anilines is 3. The summed E-state index contributed by atoms with van der Waals surface area (Å²) in [7, 11) is 25.2. The zero-order valence-electron chi connectivity index (χ0n) is 42.1. The molecule has 68 heavy (non-hydrogen) atoms. The standard InChI is InChI=1S/C55H53B11N2/c1-29(56)45(57)47(59)41-30(2)67(55-44(41)46(58)42(50(62)54(55)66)43-48(60)51(63)53(65)52(64)49(43)61)39-19-11-9-17-37(39)38-18-10-12-20-40(38)68(35-25-21-33(22-26-35)31-13-5-3-6-14-31)36-27-23-34(24-28-36)32-15-7-4-8-16-32/h3-28H,1,56-66H2,2H3/b47-45-. The molecule has 0 aliphatic rings. The van der Waals surface area contributed by atoms with Crippen LogP contribution in [0.1, 0.15) is 11.3 Å². The Morgan fingerprint density at radius 2 is 0.853 bits per heavy atom. The Morgan fingerprint density at radius 3 is 1.37 bits per heavy atom. The van der Waals surface area contributed by atoms with Crippen molar-refractivity contribution in [2.75, 3.05) is 4.90 Å². The fraction of sp³-hybridized carbons (Fsp3) is 0.0182. The van der Waals surface area contributed by atoms with Gasteiger partial charge in [0.15, 0.2) is 0 Å². The van der Waals surface area contributed by atoms with E-state index in [2.05, 4.69) is 267 Å². The Kier molecular flexibility index (Phi) is 12.8. The average Bonchev–Trinajstić information content (AvgIpc) is 3.68. The van der Waals surface area contributed by atoms with Gasteiger partial charge in [0.05, 0.1) is 11.4 Å². The minimum Gasteiger partial charge on any atom is -0.313 e. The Balaban J connectivity index is 1.31. The topological polar surface area (TPSA) is 8.17 Å². The van der Waals surface area contributed by atoms with Crippen molar-refractivity contribution in [3.63, 3.8) is 0 Å². The molecule has 0 aliphatic carbocycles. The van der Waals surface area contributed by atoms with Crippen molar-refractivity contribution in [2.45, 2.75) is 6.92 Å². The highest BCUT2D eigenvalue weighted by Gasteiger charge is 2.28. The number of nitrogens with zero attached hydrogens (tertiary/aromatic N) is 2. The monoisotopic (exact) mass is 863 g/mol. The highest BCUT2D eigenvalue weighted by molar-refractivity contribution is 6.70. The van der Waals surface area contributed by atoms with Crippen LogP contribution in [0, 0.1) is 6.92 Å². The highest BCUT2D eigenvalue weighted by atomic mass is 15.1. The fourth-order valence-electron chi connectivity index (χ4n) is 10.8. The normalized spacial score (nSPS) is 11.7. The second-order valence-corrected chi connectivity index (χ2v) is 19.0. The summed E-state index contributed by atoms with van der Waals surface area (Å²) in [6, 6.07) is 57.2. The van der Waals surface area contributed by atoms with Gasteiger partial charge in [-0.25, -0.2) is 0 Å². The zero-order chi connectivity index (χ0) is 48.1. The molecule has 0 unspecified atom stereocenters. The van der Waals surface area contributed by atoms with E-state index in [1.54, 1.807) is 0 Å². The predicted octanol–water partition coefficient (Wildman–Crippen LogP) is -1.77. The van der Waals surface area contributed by atoms with Crippen molar-refractivity contribution in [2.24, 2.45) is 0 Å². The maximum absolute atomic E-state index is 4.45. The van der Waals surface area contributed by atoms with Gasteiger partial charge < -0.3 is 9.47 Å². The molecule has 0 amide bonds. The lowest BCUT2D eigenvalue weighted by Gasteiger charge is -2.29. The van der Waals surface area contributed by atoms with Crippen molar-refractivity contribution in [1.29, 1.82) is 0 Å². The quantitative estimate of drug-likeness (QED) is 0.117. The molecule has 0 aliphatic heterocycles. The van der Waals surface area contributed by atoms with Gasteiger partial charge in [-0.1, -0.05) is 154 Å². The number of para-hydroxylation sites is 2. The molecule has 316 valence electrons. The van der Waals surface area contributed by atoms with E-state index in [0.717, 1.165) is 39.3 Å². The minimum absolute atomic E-state index is 1.09. The molecule has 9 aromatic rings. The van der Waals surface area contributed by atoms with Crippen molar-refractivity contribution in [1.82, 2.24) is 4.57 Å². The van der Waals surface area contributed by atoms with E-state index in [-0.39, 0.29) is 0 Å². The first kappa shape index (κ1) is 46.4. The molecule has 8 aromatic carbocycles. The molecular weight excluding hydrogens is 808 g/mol. The van der Waals surface area contributed by atoms with Gasteiger partial charge in [0, 0.05) is 39.1 Å². The highest BCUT2D eigenvalue weighted by Crippen LogP contribution is 2.44. The summed E-state index contributed by atoms with van der Waals surface area (Å²) in [6.07, 6.45) is 0. The molecule has 0 fully saturated rings.